The number of methoxy groups -OCH3 is 1. The fourth-order valence-corrected chi connectivity index (χ4v) is 5.04. The number of hydrogen-bond donors (Lipinski definition) is 0. The lowest BCUT2D eigenvalue weighted by Crippen LogP contribution is -2.57. The fraction of sp³-hybridized carbons (Fsp3) is 0.611. The van der Waals surface area contributed by atoms with Gasteiger partial charge in [0, 0.05) is 52.4 Å². The van der Waals surface area contributed by atoms with E-state index >= 15 is 0 Å². The maximum Gasteiger partial charge on any atom is 0.282 e. The van der Waals surface area contributed by atoms with Crippen molar-refractivity contribution in [2.24, 2.45) is 0 Å². The Hall–Kier alpha value is -1.68. The SMILES string of the molecule is COc1ccc(C)cc1C(=O)N1CCN(S(=O)(=O)N2CCN(C)CC2)CC1. The lowest BCUT2D eigenvalue weighted by molar-refractivity contribution is 0.0688. The molecule has 2 saturated heterocycles. The summed E-state index contributed by atoms with van der Waals surface area (Å²) < 4.78 is 34.1. The zero-order valence-corrected chi connectivity index (χ0v) is 17.0. The summed E-state index contributed by atoms with van der Waals surface area (Å²) in [6, 6.07) is 5.50. The van der Waals surface area contributed by atoms with Gasteiger partial charge in [0.15, 0.2) is 0 Å². The fourth-order valence-electron chi connectivity index (χ4n) is 3.46. The van der Waals surface area contributed by atoms with E-state index in [4.69, 9.17) is 4.74 Å². The Morgan fingerprint density at radius 2 is 1.52 bits per heavy atom. The Bertz CT molecular complexity index is 783. The first-order valence-electron chi connectivity index (χ1n) is 9.20. The molecule has 0 bridgehead atoms. The minimum absolute atomic E-state index is 0.118. The van der Waals surface area contributed by atoms with Crippen LogP contribution in [0, 0.1) is 6.92 Å². The number of carbonyl (C=O) groups is 1. The second-order valence-electron chi connectivity index (χ2n) is 7.11. The highest BCUT2D eigenvalue weighted by Crippen LogP contribution is 2.23. The molecule has 1 amide bonds. The first kappa shape index (κ1) is 20.1. The molecule has 27 heavy (non-hydrogen) atoms. The maximum absolute atomic E-state index is 12.9. The van der Waals surface area contributed by atoms with Crippen molar-refractivity contribution >= 4 is 16.1 Å². The second kappa shape index (κ2) is 8.14. The van der Waals surface area contributed by atoms with E-state index in [2.05, 4.69) is 4.90 Å². The van der Waals surface area contributed by atoms with Gasteiger partial charge in [-0.2, -0.15) is 17.0 Å². The Balaban J connectivity index is 1.65. The Morgan fingerprint density at radius 3 is 2.07 bits per heavy atom. The predicted molar refractivity (Wildman–Crippen MR) is 103 cm³/mol. The van der Waals surface area contributed by atoms with Crippen LogP contribution in [0.1, 0.15) is 15.9 Å². The third-order valence-electron chi connectivity index (χ3n) is 5.23. The van der Waals surface area contributed by atoms with Gasteiger partial charge in [0.25, 0.3) is 16.1 Å². The molecular weight excluding hydrogens is 368 g/mol. The highest BCUT2D eigenvalue weighted by atomic mass is 32.2. The van der Waals surface area contributed by atoms with Gasteiger partial charge >= 0.3 is 0 Å². The number of amides is 1. The lowest BCUT2D eigenvalue weighted by atomic mass is 10.1. The largest absolute Gasteiger partial charge is 0.496 e. The maximum atomic E-state index is 12.9. The molecule has 3 rings (SSSR count). The van der Waals surface area contributed by atoms with Crippen molar-refractivity contribution < 1.29 is 17.9 Å². The van der Waals surface area contributed by atoms with Crippen molar-refractivity contribution in [2.45, 2.75) is 6.92 Å². The number of nitrogens with zero attached hydrogens (tertiary/aromatic N) is 4. The van der Waals surface area contributed by atoms with Crippen LogP contribution >= 0.6 is 0 Å². The van der Waals surface area contributed by atoms with Crippen LogP contribution < -0.4 is 4.74 Å². The van der Waals surface area contributed by atoms with Crippen LogP contribution in [0.25, 0.3) is 0 Å². The third-order valence-corrected chi connectivity index (χ3v) is 7.26. The summed E-state index contributed by atoms with van der Waals surface area (Å²) in [5.74, 6) is 0.422. The molecule has 0 aliphatic carbocycles. The monoisotopic (exact) mass is 396 g/mol. The number of piperazine rings is 2. The summed E-state index contributed by atoms with van der Waals surface area (Å²) in [6.45, 7) is 5.82. The van der Waals surface area contributed by atoms with E-state index in [9.17, 15) is 13.2 Å². The van der Waals surface area contributed by atoms with Crippen molar-refractivity contribution in [2.75, 3.05) is 66.5 Å². The van der Waals surface area contributed by atoms with Crippen LogP contribution in [0.5, 0.6) is 5.75 Å². The van der Waals surface area contributed by atoms with Crippen LogP contribution in [0.15, 0.2) is 18.2 Å². The van der Waals surface area contributed by atoms with Crippen LogP contribution in [0.4, 0.5) is 0 Å². The quantitative estimate of drug-likeness (QED) is 0.730. The number of likely N-dealkylation sites (N-methyl/N-ethyl adjacent to an activating group) is 1. The highest BCUT2D eigenvalue weighted by molar-refractivity contribution is 7.86. The molecule has 0 radical (unpaired) electrons. The van der Waals surface area contributed by atoms with Gasteiger partial charge in [-0.1, -0.05) is 11.6 Å². The molecule has 2 aliphatic heterocycles. The van der Waals surface area contributed by atoms with Crippen LogP contribution in [-0.4, -0.2) is 99.3 Å². The second-order valence-corrected chi connectivity index (χ2v) is 9.03. The van der Waals surface area contributed by atoms with Crippen molar-refractivity contribution in [1.82, 2.24) is 18.4 Å². The average Bonchev–Trinajstić information content (AvgIpc) is 2.68. The molecule has 0 atom stereocenters. The number of aryl methyl sites for hydroxylation is 1. The number of rotatable bonds is 4. The topological polar surface area (TPSA) is 73.4 Å². The number of carbonyl (C=O) groups excluding carboxylic acids is 1. The summed E-state index contributed by atoms with van der Waals surface area (Å²) in [5.41, 5.74) is 1.50. The molecule has 2 heterocycles. The standard InChI is InChI=1S/C18H28N4O4S/c1-15-4-5-17(26-3)16(14-15)18(23)20-8-12-22(13-9-20)27(24,25)21-10-6-19(2)7-11-21/h4-5,14H,6-13H2,1-3H3. The van der Waals surface area contributed by atoms with Gasteiger partial charge in [-0.15, -0.1) is 0 Å². The molecule has 150 valence electrons. The van der Waals surface area contributed by atoms with E-state index in [1.807, 2.05) is 26.1 Å². The zero-order valence-electron chi connectivity index (χ0n) is 16.2. The van der Waals surface area contributed by atoms with Gasteiger partial charge in [0.1, 0.15) is 5.75 Å². The van der Waals surface area contributed by atoms with Gasteiger partial charge in [-0.25, -0.2) is 0 Å². The predicted octanol–water partition coefficient (Wildman–Crippen LogP) is 0.254. The van der Waals surface area contributed by atoms with Crippen molar-refractivity contribution in [3.63, 3.8) is 0 Å². The summed E-state index contributed by atoms with van der Waals surface area (Å²) in [5, 5.41) is 0. The van der Waals surface area contributed by atoms with Crippen LogP contribution in [0.3, 0.4) is 0 Å². The zero-order chi connectivity index (χ0) is 19.6. The Kier molecular flexibility index (Phi) is 6.05. The summed E-state index contributed by atoms with van der Waals surface area (Å²) >= 11 is 0. The molecule has 0 unspecified atom stereocenters. The van der Waals surface area contributed by atoms with E-state index in [1.54, 1.807) is 22.4 Å². The van der Waals surface area contributed by atoms with Gasteiger partial charge < -0.3 is 14.5 Å². The van der Waals surface area contributed by atoms with E-state index in [0.717, 1.165) is 18.7 Å². The molecule has 2 fully saturated rings. The van der Waals surface area contributed by atoms with Crippen molar-refractivity contribution in [3.05, 3.63) is 29.3 Å². The van der Waals surface area contributed by atoms with E-state index in [-0.39, 0.29) is 5.91 Å². The van der Waals surface area contributed by atoms with Crippen LogP contribution in [-0.2, 0) is 10.2 Å². The third kappa shape index (κ3) is 4.26. The first-order chi connectivity index (χ1) is 12.8. The Labute approximate surface area is 161 Å². The number of ether oxygens (including phenoxy) is 1. The van der Waals surface area contributed by atoms with Gasteiger partial charge in [0.05, 0.1) is 12.7 Å². The highest BCUT2D eigenvalue weighted by Gasteiger charge is 2.35. The Morgan fingerprint density at radius 1 is 0.963 bits per heavy atom. The van der Waals surface area contributed by atoms with Gasteiger partial charge in [-0.3, -0.25) is 4.79 Å². The minimum atomic E-state index is -3.46. The van der Waals surface area contributed by atoms with E-state index in [1.165, 1.54) is 4.31 Å². The van der Waals surface area contributed by atoms with Crippen LogP contribution in [0.2, 0.25) is 0 Å². The van der Waals surface area contributed by atoms with Crippen molar-refractivity contribution in [1.29, 1.82) is 0 Å². The molecule has 9 heteroatoms. The average molecular weight is 397 g/mol. The van der Waals surface area contributed by atoms with Gasteiger partial charge in [0.2, 0.25) is 0 Å². The van der Waals surface area contributed by atoms with E-state index in [0.29, 0.717) is 50.6 Å². The van der Waals surface area contributed by atoms with Gasteiger partial charge in [-0.05, 0) is 26.1 Å². The molecule has 0 aromatic heterocycles. The van der Waals surface area contributed by atoms with E-state index < -0.39 is 10.2 Å². The molecule has 2 aliphatic rings. The molecule has 0 saturated carbocycles. The molecule has 0 N–H and O–H groups in total. The summed E-state index contributed by atoms with van der Waals surface area (Å²) in [4.78, 5) is 16.7. The number of hydrogen-bond acceptors (Lipinski definition) is 5. The molecule has 0 spiro atoms. The smallest absolute Gasteiger partial charge is 0.282 e. The molecular formula is C18H28N4O4S. The normalized spacial score (nSPS) is 20.6. The molecule has 8 nitrogen and oxygen atoms in total. The minimum Gasteiger partial charge on any atom is -0.496 e. The molecule has 1 aromatic rings. The first-order valence-corrected chi connectivity index (χ1v) is 10.6. The summed E-state index contributed by atoms with van der Waals surface area (Å²) in [6.07, 6.45) is 0. The lowest BCUT2D eigenvalue weighted by Gasteiger charge is -2.39. The van der Waals surface area contributed by atoms with Crippen molar-refractivity contribution in [3.8, 4) is 5.75 Å². The summed E-state index contributed by atoms with van der Waals surface area (Å²) in [7, 11) is 0.0731. The number of benzene rings is 1. The molecule has 1 aromatic carbocycles.